The summed E-state index contributed by atoms with van der Waals surface area (Å²) in [5.74, 6) is -0.272. The Kier molecular flexibility index (Phi) is 3.05. The number of nitrogens with one attached hydrogen (secondary N) is 1. The van der Waals surface area contributed by atoms with Gasteiger partial charge >= 0.3 is 5.91 Å². The predicted molar refractivity (Wildman–Crippen MR) is 62.3 cm³/mol. The van der Waals surface area contributed by atoms with Crippen LogP contribution in [-0.2, 0) is 0 Å². The van der Waals surface area contributed by atoms with Crippen molar-refractivity contribution in [2.24, 2.45) is 0 Å². The fraction of sp³-hybridized carbons (Fsp3) is 0.0909. The van der Waals surface area contributed by atoms with Crippen LogP contribution in [0.4, 0.5) is 11.4 Å². The van der Waals surface area contributed by atoms with Crippen molar-refractivity contribution in [3.63, 3.8) is 0 Å². The largest absolute Gasteiger partial charge is 0.438 e. The summed E-state index contributed by atoms with van der Waals surface area (Å²) in [7, 11) is 0. The second kappa shape index (κ2) is 4.66. The Bertz CT molecular complexity index is 606. The summed E-state index contributed by atoms with van der Waals surface area (Å²) in [6, 6.07) is 5.84. The third kappa shape index (κ3) is 2.34. The number of oxazole rings is 1. The second-order valence-corrected chi connectivity index (χ2v) is 3.50. The molecule has 1 aromatic heterocycles. The van der Waals surface area contributed by atoms with E-state index in [9.17, 15) is 14.9 Å². The van der Waals surface area contributed by atoms with Crippen LogP contribution in [0.5, 0.6) is 0 Å². The molecule has 1 heterocycles. The highest BCUT2D eigenvalue weighted by atomic mass is 16.6. The normalized spacial score (nSPS) is 10.1. The van der Waals surface area contributed by atoms with Crippen molar-refractivity contribution in [1.29, 1.82) is 0 Å². The minimum absolute atomic E-state index is 0.100. The SMILES string of the molecule is Cc1cnc(C(=O)Nc2ccccc2[N+](=O)[O-])o1. The van der Waals surface area contributed by atoms with E-state index in [-0.39, 0.29) is 17.3 Å². The molecule has 1 aromatic carbocycles. The number of nitro benzene ring substituents is 1. The number of hydrogen-bond donors (Lipinski definition) is 1. The zero-order chi connectivity index (χ0) is 13.1. The van der Waals surface area contributed by atoms with Crippen LogP contribution in [0.15, 0.2) is 34.9 Å². The van der Waals surface area contributed by atoms with Gasteiger partial charge in [-0.1, -0.05) is 12.1 Å². The lowest BCUT2D eigenvalue weighted by molar-refractivity contribution is -0.383. The predicted octanol–water partition coefficient (Wildman–Crippen LogP) is 2.14. The highest BCUT2D eigenvalue weighted by Gasteiger charge is 2.18. The van der Waals surface area contributed by atoms with Gasteiger partial charge in [0.2, 0.25) is 0 Å². The third-order valence-corrected chi connectivity index (χ3v) is 2.16. The van der Waals surface area contributed by atoms with E-state index in [4.69, 9.17) is 4.42 Å². The summed E-state index contributed by atoms with van der Waals surface area (Å²) in [4.78, 5) is 25.6. The Hall–Kier alpha value is -2.70. The molecule has 0 atom stereocenters. The van der Waals surface area contributed by atoms with Crippen LogP contribution < -0.4 is 5.32 Å². The summed E-state index contributed by atoms with van der Waals surface area (Å²) >= 11 is 0. The van der Waals surface area contributed by atoms with E-state index >= 15 is 0 Å². The molecule has 0 aliphatic carbocycles. The number of aryl methyl sites for hydroxylation is 1. The van der Waals surface area contributed by atoms with Gasteiger partial charge in [-0.3, -0.25) is 14.9 Å². The number of para-hydroxylation sites is 2. The smallest absolute Gasteiger partial charge is 0.311 e. The van der Waals surface area contributed by atoms with E-state index in [0.29, 0.717) is 5.76 Å². The maximum absolute atomic E-state index is 11.7. The van der Waals surface area contributed by atoms with Gasteiger partial charge in [0.15, 0.2) is 0 Å². The van der Waals surface area contributed by atoms with Crippen LogP contribution in [0.3, 0.4) is 0 Å². The van der Waals surface area contributed by atoms with Crippen LogP contribution in [0.2, 0.25) is 0 Å². The van der Waals surface area contributed by atoms with Gasteiger partial charge in [-0.25, -0.2) is 4.98 Å². The number of nitrogens with zero attached hydrogens (tertiary/aromatic N) is 2. The molecule has 92 valence electrons. The van der Waals surface area contributed by atoms with Crippen molar-refractivity contribution in [1.82, 2.24) is 4.98 Å². The van der Waals surface area contributed by atoms with Crippen LogP contribution >= 0.6 is 0 Å². The topological polar surface area (TPSA) is 98.3 Å². The first kappa shape index (κ1) is 11.8. The summed E-state index contributed by atoms with van der Waals surface area (Å²) in [5.41, 5.74) is -0.0857. The van der Waals surface area contributed by atoms with Crippen LogP contribution in [0, 0.1) is 17.0 Å². The highest BCUT2D eigenvalue weighted by Crippen LogP contribution is 2.23. The van der Waals surface area contributed by atoms with Gasteiger partial charge in [-0.2, -0.15) is 0 Å². The molecule has 18 heavy (non-hydrogen) atoms. The maximum atomic E-state index is 11.7. The molecule has 0 saturated carbocycles. The Balaban J connectivity index is 2.24. The van der Waals surface area contributed by atoms with Crippen molar-refractivity contribution in [2.75, 3.05) is 5.32 Å². The molecule has 0 aliphatic heterocycles. The molecular weight excluding hydrogens is 238 g/mol. The number of amides is 1. The molecule has 7 heteroatoms. The second-order valence-electron chi connectivity index (χ2n) is 3.50. The minimum atomic E-state index is -0.627. The fourth-order valence-electron chi connectivity index (χ4n) is 1.37. The van der Waals surface area contributed by atoms with E-state index in [1.165, 1.54) is 24.4 Å². The van der Waals surface area contributed by atoms with Crippen LogP contribution in [0.1, 0.15) is 16.4 Å². The molecule has 2 rings (SSSR count). The van der Waals surface area contributed by atoms with E-state index in [2.05, 4.69) is 10.3 Å². The molecule has 0 fully saturated rings. The molecule has 0 saturated heterocycles. The van der Waals surface area contributed by atoms with Gasteiger partial charge in [0.1, 0.15) is 11.4 Å². The van der Waals surface area contributed by atoms with Gasteiger partial charge in [0.25, 0.3) is 11.6 Å². The first-order valence-corrected chi connectivity index (χ1v) is 5.05. The summed E-state index contributed by atoms with van der Waals surface area (Å²) in [6.07, 6.45) is 1.40. The fourth-order valence-corrected chi connectivity index (χ4v) is 1.37. The summed E-state index contributed by atoms with van der Waals surface area (Å²) < 4.78 is 5.02. The Morgan fingerprint density at radius 1 is 1.44 bits per heavy atom. The molecule has 1 N–H and O–H groups in total. The number of benzene rings is 1. The molecule has 0 spiro atoms. The molecule has 0 bridgehead atoms. The molecule has 0 aliphatic rings. The zero-order valence-corrected chi connectivity index (χ0v) is 9.41. The van der Waals surface area contributed by atoms with Crippen molar-refractivity contribution < 1.29 is 14.1 Å². The lowest BCUT2D eigenvalue weighted by Gasteiger charge is -2.02. The zero-order valence-electron chi connectivity index (χ0n) is 9.41. The Labute approximate surface area is 102 Å². The number of carbonyl (C=O) groups excluding carboxylic acids is 1. The van der Waals surface area contributed by atoms with E-state index in [1.807, 2.05) is 0 Å². The number of anilines is 1. The van der Waals surface area contributed by atoms with Gasteiger partial charge in [-0.15, -0.1) is 0 Å². The van der Waals surface area contributed by atoms with Crippen molar-refractivity contribution in [3.8, 4) is 0 Å². The molecular formula is C11H9N3O4. The third-order valence-electron chi connectivity index (χ3n) is 2.16. The molecule has 0 unspecified atom stereocenters. The Morgan fingerprint density at radius 2 is 2.17 bits per heavy atom. The van der Waals surface area contributed by atoms with Gasteiger partial charge in [-0.05, 0) is 13.0 Å². The molecule has 0 radical (unpaired) electrons. The highest BCUT2D eigenvalue weighted by molar-refractivity contribution is 6.02. The average molecular weight is 247 g/mol. The van der Waals surface area contributed by atoms with Crippen molar-refractivity contribution in [2.45, 2.75) is 6.92 Å². The number of carbonyl (C=O) groups is 1. The quantitative estimate of drug-likeness (QED) is 0.661. The number of nitro groups is 1. The van der Waals surface area contributed by atoms with Crippen molar-refractivity contribution in [3.05, 3.63) is 52.2 Å². The number of hydrogen-bond acceptors (Lipinski definition) is 5. The molecule has 1 amide bonds. The number of rotatable bonds is 3. The molecule has 2 aromatic rings. The molecule has 7 nitrogen and oxygen atoms in total. The van der Waals surface area contributed by atoms with Crippen LogP contribution in [0.25, 0.3) is 0 Å². The Morgan fingerprint density at radius 3 is 2.78 bits per heavy atom. The lowest BCUT2D eigenvalue weighted by Crippen LogP contribution is -2.13. The summed E-state index contributed by atoms with van der Waals surface area (Å²) in [5, 5.41) is 13.1. The standard InChI is InChI=1S/C11H9N3O4/c1-7-6-12-11(18-7)10(15)13-8-4-2-3-5-9(8)14(16)17/h2-6H,1H3,(H,13,15). The maximum Gasteiger partial charge on any atom is 0.311 e. The van der Waals surface area contributed by atoms with Crippen LogP contribution in [-0.4, -0.2) is 15.8 Å². The van der Waals surface area contributed by atoms with Gasteiger partial charge < -0.3 is 9.73 Å². The van der Waals surface area contributed by atoms with E-state index < -0.39 is 10.8 Å². The first-order valence-electron chi connectivity index (χ1n) is 5.05. The lowest BCUT2D eigenvalue weighted by atomic mass is 10.2. The monoisotopic (exact) mass is 247 g/mol. The summed E-state index contributed by atoms with van der Waals surface area (Å²) in [6.45, 7) is 1.65. The number of aromatic nitrogens is 1. The van der Waals surface area contributed by atoms with E-state index in [1.54, 1.807) is 13.0 Å². The van der Waals surface area contributed by atoms with Gasteiger partial charge in [0.05, 0.1) is 11.1 Å². The average Bonchev–Trinajstić information content (AvgIpc) is 2.76. The van der Waals surface area contributed by atoms with Gasteiger partial charge in [0, 0.05) is 6.07 Å². The minimum Gasteiger partial charge on any atom is -0.438 e. The van der Waals surface area contributed by atoms with E-state index in [0.717, 1.165) is 0 Å². The first-order chi connectivity index (χ1) is 8.58. The van der Waals surface area contributed by atoms with Crippen molar-refractivity contribution >= 4 is 17.3 Å².